The average molecular weight is 379 g/mol. The van der Waals surface area contributed by atoms with Crippen molar-refractivity contribution in [1.82, 2.24) is 15.2 Å². The summed E-state index contributed by atoms with van der Waals surface area (Å²) in [6, 6.07) is 3.55. The minimum Gasteiger partial charge on any atom is -0.388 e. The smallest absolute Gasteiger partial charge is 0.270 e. The minimum absolute atomic E-state index is 0.0456. The molecule has 27 heavy (non-hydrogen) atoms. The van der Waals surface area contributed by atoms with Gasteiger partial charge in [0.15, 0.2) is 0 Å². The Morgan fingerprint density at radius 2 is 2.15 bits per heavy atom. The molecule has 3 rings (SSSR count). The summed E-state index contributed by atoms with van der Waals surface area (Å²) in [7, 11) is 1.55. The first-order valence-corrected chi connectivity index (χ1v) is 9.45. The van der Waals surface area contributed by atoms with E-state index in [1.807, 2.05) is 6.92 Å². The number of hydrogen-bond donors (Lipinski definition) is 3. The number of aliphatic hydroxyl groups excluding tert-OH is 1. The van der Waals surface area contributed by atoms with Crippen molar-refractivity contribution in [2.45, 2.75) is 49.9 Å². The maximum Gasteiger partial charge on any atom is 0.270 e. The second kappa shape index (κ2) is 8.00. The second-order valence-electron chi connectivity index (χ2n) is 7.65. The lowest BCUT2D eigenvalue weighted by atomic mass is 9.73. The fourth-order valence-electron chi connectivity index (χ4n) is 4.11. The number of hydrogen-bond acceptors (Lipinski definition) is 5. The summed E-state index contributed by atoms with van der Waals surface area (Å²) in [4.78, 5) is 29.4. The van der Waals surface area contributed by atoms with Crippen LogP contribution in [0.3, 0.4) is 0 Å². The zero-order chi connectivity index (χ0) is 19.5. The van der Waals surface area contributed by atoms with Crippen LogP contribution in [0.25, 0.3) is 0 Å². The van der Waals surface area contributed by atoms with Gasteiger partial charge in [-0.3, -0.25) is 9.59 Å². The lowest BCUT2D eigenvalue weighted by Crippen LogP contribution is -2.69. The SMILES string of the molecule is COCCC(=O)N[C@@]1(C)CCOC2(CCN(C(=O)c3ccc[nH]3)CC2)[C@@H]1O. The molecule has 8 heteroatoms. The molecule has 0 unspecified atom stereocenters. The molecular weight excluding hydrogens is 350 g/mol. The molecule has 2 atom stereocenters. The van der Waals surface area contributed by atoms with E-state index in [4.69, 9.17) is 9.47 Å². The van der Waals surface area contributed by atoms with Crippen LogP contribution in [0, 0.1) is 0 Å². The van der Waals surface area contributed by atoms with E-state index >= 15 is 0 Å². The lowest BCUT2D eigenvalue weighted by molar-refractivity contribution is -0.205. The maximum atomic E-state index is 12.5. The van der Waals surface area contributed by atoms with E-state index in [1.165, 1.54) is 0 Å². The van der Waals surface area contributed by atoms with Crippen LogP contribution in [0.2, 0.25) is 0 Å². The fourth-order valence-corrected chi connectivity index (χ4v) is 4.11. The van der Waals surface area contributed by atoms with Gasteiger partial charge in [-0.25, -0.2) is 0 Å². The Morgan fingerprint density at radius 1 is 1.41 bits per heavy atom. The summed E-state index contributed by atoms with van der Waals surface area (Å²) in [6.07, 6.45) is 2.75. The molecule has 2 fully saturated rings. The molecule has 2 aliphatic heterocycles. The number of aromatic nitrogens is 1. The van der Waals surface area contributed by atoms with E-state index in [2.05, 4.69) is 10.3 Å². The maximum absolute atomic E-state index is 12.5. The van der Waals surface area contributed by atoms with Gasteiger partial charge in [-0.15, -0.1) is 0 Å². The molecule has 0 aromatic carbocycles. The molecule has 2 amide bonds. The summed E-state index contributed by atoms with van der Waals surface area (Å²) >= 11 is 0. The number of carbonyl (C=O) groups is 2. The summed E-state index contributed by atoms with van der Waals surface area (Å²) < 4.78 is 11.0. The highest BCUT2D eigenvalue weighted by atomic mass is 16.5. The van der Waals surface area contributed by atoms with Crippen molar-refractivity contribution in [2.24, 2.45) is 0 Å². The molecule has 8 nitrogen and oxygen atoms in total. The van der Waals surface area contributed by atoms with Gasteiger partial charge in [0, 0.05) is 39.4 Å². The van der Waals surface area contributed by atoms with Crippen molar-refractivity contribution >= 4 is 11.8 Å². The number of ether oxygens (including phenoxy) is 2. The fraction of sp³-hybridized carbons (Fsp3) is 0.684. The Bertz CT molecular complexity index is 654. The highest BCUT2D eigenvalue weighted by molar-refractivity contribution is 5.92. The van der Waals surface area contributed by atoms with Gasteiger partial charge in [0.25, 0.3) is 5.91 Å². The molecule has 2 aliphatic rings. The number of rotatable bonds is 5. The van der Waals surface area contributed by atoms with Crippen molar-refractivity contribution < 1.29 is 24.2 Å². The molecule has 3 N–H and O–H groups in total. The van der Waals surface area contributed by atoms with Gasteiger partial charge in [-0.2, -0.15) is 0 Å². The van der Waals surface area contributed by atoms with Gasteiger partial charge in [-0.1, -0.05) is 0 Å². The lowest BCUT2D eigenvalue weighted by Gasteiger charge is -2.53. The summed E-state index contributed by atoms with van der Waals surface area (Å²) in [5.41, 5.74) is -0.936. The molecule has 0 aliphatic carbocycles. The Morgan fingerprint density at radius 3 is 2.78 bits per heavy atom. The predicted molar refractivity (Wildman–Crippen MR) is 98.3 cm³/mol. The van der Waals surface area contributed by atoms with Crippen molar-refractivity contribution in [3.63, 3.8) is 0 Å². The number of aliphatic hydroxyl groups is 1. The number of carbonyl (C=O) groups excluding carboxylic acids is 2. The molecule has 0 bridgehead atoms. The number of amides is 2. The zero-order valence-corrected chi connectivity index (χ0v) is 16.0. The molecule has 2 saturated heterocycles. The van der Waals surface area contributed by atoms with Crippen LogP contribution >= 0.6 is 0 Å². The van der Waals surface area contributed by atoms with Crippen LogP contribution in [0.5, 0.6) is 0 Å². The normalized spacial score (nSPS) is 27.5. The Labute approximate surface area is 159 Å². The molecule has 150 valence electrons. The van der Waals surface area contributed by atoms with Crippen LogP contribution in [-0.4, -0.2) is 77.5 Å². The second-order valence-corrected chi connectivity index (χ2v) is 7.65. The van der Waals surface area contributed by atoms with Crippen LogP contribution in [-0.2, 0) is 14.3 Å². The molecule has 1 spiro atoms. The van der Waals surface area contributed by atoms with Gasteiger partial charge in [0.1, 0.15) is 11.8 Å². The largest absolute Gasteiger partial charge is 0.388 e. The molecular formula is C19H29N3O5. The summed E-state index contributed by atoms with van der Waals surface area (Å²) in [5.74, 6) is -0.189. The topological polar surface area (TPSA) is 104 Å². The van der Waals surface area contributed by atoms with Crippen LogP contribution in [0.15, 0.2) is 18.3 Å². The van der Waals surface area contributed by atoms with Crippen LogP contribution < -0.4 is 5.32 Å². The summed E-state index contributed by atoms with van der Waals surface area (Å²) in [6.45, 7) is 3.67. The standard InChI is InChI=1S/C19H29N3O5/c1-18(21-15(23)5-12-26-2)8-13-27-19(17(18)25)6-10-22(11-7-19)16(24)14-4-3-9-20-14/h3-4,9,17,20,25H,5-8,10-13H2,1-2H3,(H,21,23)/t17-,18+/m1/s1. The number of H-pyrrole nitrogens is 1. The Balaban J connectivity index is 1.64. The van der Waals surface area contributed by atoms with E-state index < -0.39 is 17.2 Å². The number of likely N-dealkylation sites (tertiary alicyclic amines) is 1. The van der Waals surface area contributed by atoms with E-state index in [1.54, 1.807) is 30.3 Å². The Hall–Kier alpha value is -1.90. The quantitative estimate of drug-likeness (QED) is 0.698. The van der Waals surface area contributed by atoms with Gasteiger partial charge >= 0.3 is 0 Å². The first-order chi connectivity index (χ1) is 12.9. The van der Waals surface area contributed by atoms with Crippen molar-refractivity contribution in [1.29, 1.82) is 0 Å². The van der Waals surface area contributed by atoms with Crippen molar-refractivity contribution in [3.05, 3.63) is 24.0 Å². The first-order valence-electron chi connectivity index (χ1n) is 9.45. The van der Waals surface area contributed by atoms with E-state index in [-0.39, 0.29) is 18.2 Å². The molecule has 3 heterocycles. The first kappa shape index (κ1) is 19.9. The van der Waals surface area contributed by atoms with E-state index in [9.17, 15) is 14.7 Å². The highest BCUT2D eigenvalue weighted by Gasteiger charge is 2.54. The number of aromatic amines is 1. The predicted octanol–water partition coefficient (Wildman–Crippen LogP) is 0.682. The van der Waals surface area contributed by atoms with E-state index in [0.717, 1.165) is 0 Å². The highest BCUT2D eigenvalue weighted by Crippen LogP contribution is 2.40. The molecule has 0 radical (unpaired) electrons. The number of piperidine rings is 1. The number of nitrogens with one attached hydrogen (secondary N) is 2. The van der Waals surface area contributed by atoms with Gasteiger partial charge in [-0.05, 0) is 38.3 Å². The monoisotopic (exact) mass is 379 g/mol. The van der Waals surface area contributed by atoms with Crippen LogP contribution in [0.1, 0.15) is 43.1 Å². The van der Waals surface area contributed by atoms with Gasteiger partial charge in [0.2, 0.25) is 5.91 Å². The molecule has 1 aromatic heterocycles. The van der Waals surface area contributed by atoms with Gasteiger partial charge in [0.05, 0.1) is 17.7 Å². The van der Waals surface area contributed by atoms with E-state index in [0.29, 0.717) is 51.3 Å². The average Bonchev–Trinajstić information content (AvgIpc) is 3.19. The third-order valence-electron chi connectivity index (χ3n) is 5.80. The third kappa shape index (κ3) is 4.02. The minimum atomic E-state index is -0.840. The van der Waals surface area contributed by atoms with Crippen molar-refractivity contribution in [3.8, 4) is 0 Å². The summed E-state index contributed by atoms with van der Waals surface area (Å²) in [5, 5.41) is 14.1. The number of methoxy groups -OCH3 is 1. The third-order valence-corrected chi connectivity index (χ3v) is 5.80. The molecule has 0 saturated carbocycles. The van der Waals surface area contributed by atoms with Crippen molar-refractivity contribution in [2.75, 3.05) is 33.4 Å². The zero-order valence-electron chi connectivity index (χ0n) is 16.0. The van der Waals surface area contributed by atoms with Gasteiger partial charge < -0.3 is 29.8 Å². The number of nitrogens with zero attached hydrogens (tertiary/aromatic N) is 1. The van der Waals surface area contributed by atoms with Crippen LogP contribution in [0.4, 0.5) is 0 Å². The molecule has 1 aromatic rings. The Kier molecular flexibility index (Phi) is 5.88.